The van der Waals surface area contributed by atoms with E-state index in [2.05, 4.69) is 25.1 Å². The molecule has 1 N–H and O–H groups in total. The second-order valence-corrected chi connectivity index (χ2v) is 5.28. The predicted molar refractivity (Wildman–Crippen MR) is 68.8 cm³/mol. The second kappa shape index (κ2) is 5.85. The lowest BCUT2D eigenvalue weighted by molar-refractivity contribution is -0.140. The summed E-state index contributed by atoms with van der Waals surface area (Å²) in [5, 5.41) is 8.95. The van der Waals surface area contributed by atoms with E-state index in [0.29, 0.717) is 5.92 Å². The molecule has 0 aliphatic rings. The van der Waals surface area contributed by atoms with E-state index >= 15 is 0 Å². The van der Waals surface area contributed by atoms with Gasteiger partial charge in [0.25, 0.3) is 0 Å². The fourth-order valence-corrected chi connectivity index (χ4v) is 2.35. The van der Waals surface area contributed by atoms with E-state index in [1.165, 1.54) is 5.56 Å². The number of carboxylic acids is 1. The van der Waals surface area contributed by atoms with Crippen LogP contribution >= 0.6 is 0 Å². The number of hydrogen-bond donors (Lipinski definition) is 1. The lowest BCUT2D eigenvalue weighted by atomic mass is 9.72. The Morgan fingerprint density at radius 1 is 1.41 bits per heavy atom. The predicted octanol–water partition coefficient (Wildman–Crippen LogP) is 3.56. The van der Waals surface area contributed by atoms with Crippen molar-refractivity contribution in [2.24, 2.45) is 11.3 Å². The third-order valence-corrected chi connectivity index (χ3v) is 3.47. The van der Waals surface area contributed by atoms with Crippen molar-refractivity contribution in [1.82, 2.24) is 0 Å². The molecule has 0 spiro atoms. The van der Waals surface area contributed by atoms with Gasteiger partial charge in [-0.1, -0.05) is 51.5 Å². The average molecular weight is 233 g/mol. The van der Waals surface area contributed by atoms with E-state index in [1.807, 2.05) is 26.0 Å². The van der Waals surface area contributed by atoms with Crippen LogP contribution in [0.5, 0.6) is 0 Å². The highest BCUT2D eigenvalue weighted by Gasteiger charge is 2.30. The highest BCUT2D eigenvalue weighted by Crippen LogP contribution is 2.35. The zero-order valence-corrected chi connectivity index (χ0v) is 10.9. The average Bonchev–Trinajstić information content (AvgIpc) is 2.25. The summed E-state index contributed by atoms with van der Waals surface area (Å²) in [6, 6.07) is 10.9. The summed E-state index contributed by atoms with van der Waals surface area (Å²) in [7, 11) is 0. The molecule has 0 bridgehead atoms. The Bertz CT molecular complexity index is 354. The topological polar surface area (TPSA) is 37.3 Å². The van der Waals surface area contributed by atoms with Crippen LogP contribution in [-0.4, -0.2) is 11.1 Å². The van der Waals surface area contributed by atoms with Crippen LogP contribution in [0.25, 0.3) is 0 Å². The Kier molecular flexibility index (Phi) is 4.73. The molecular weight excluding hydrogens is 212 g/mol. The SMILES string of the molecule is CCC(Cc1cc[c]cc1)C(C)(C)CC(=O)O. The third-order valence-electron chi connectivity index (χ3n) is 3.47. The first-order valence-corrected chi connectivity index (χ1v) is 6.12. The minimum atomic E-state index is -0.713. The van der Waals surface area contributed by atoms with Gasteiger partial charge in [-0.05, 0) is 29.4 Å². The van der Waals surface area contributed by atoms with Crippen LogP contribution < -0.4 is 0 Å². The first kappa shape index (κ1) is 13.8. The molecule has 93 valence electrons. The zero-order chi connectivity index (χ0) is 12.9. The van der Waals surface area contributed by atoms with Crippen LogP contribution in [-0.2, 0) is 11.2 Å². The highest BCUT2D eigenvalue weighted by molar-refractivity contribution is 5.67. The van der Waals surface area contributed by atoms with Gasteiger partial charge >= 0.3 is 5.97 Å². The van der Waals surface area contributed by atoms with Crippen LogP contribution in [0.15, 0.2) is 24.3 Å². The van der Waals surface area contributed by atoms with Crippen LogP contribution in [0.2, 0.25) is 0 Å². The van der Waals surface area contributed by atoms with E-state index in [9.17, 15) is 4.79 Å². The number of hydrogen-bond acceptors (Lipinski definition) is 1. The smallest absolute Gasteiger partial charge is 0.303 e. The lowest BCUT2D eigenvalue weighted by Crippen LogP contribution is -2.28. The zero-order valence-electron chi connectivity index (χ0n) is 10.9. The van der Waals surface area contributed by atoms with Crippen molar-refractivity contribution < 1.29 is 9.90 Å². The number of carbonyl (C=O) groups is 1. The molecule has 2 heteroatoms. The maximum atomic E-state index is 10.9. The monoisotopic (exact) mass is 233 g/mol. The molecule has 0 aliphatic carbocycles. The normalized spacial score (nSPS) is 13.4. The molecular formula is C15H21O2. The highest BCUT2D eigenvalue weighted by atomic mass is 16.4. The van der Waals surface area contributed by atoms with Crippen LogP contribution in [0, 0.1) is 17.4 Å². The van der Waals surface area contributed by atoms with Gasteiger partial charge in [0.05, 0.1) is 6.42 Å². The van der Waals surface area contributed by atoms with Gasteiger partial charge in [-0.25, -0.2) is 0 Å². The molecule has 2 nitrogen and oxygen atoms in total. The van der Waals surface area contributed by atoms with Crippen molar-refractivity contribution in [3.63, 3.8) is 0 Å². The van der Waals surface area contributed by atoms with Gasteiger partial charge in [0, 0.05) is 0 Å². The van der Waals surface area contributed by atoms with Crippen molar-refractivity contribution in [3.8, 4) is 0 Å². The molecule has 1 aromatic rings. The van der Waals surface area contributed by atoms with E-state index in [4.69, 9.17) is 5.11 Å². The maximum Gasteiger partial charge on any atom is 0.303 e. The molecule has 1 atom stereocenters. The van der Waals surface area contributed by atoms with Crippen molar-refractivity contribution in [2.75, 3.05) is 0 Å². The van der Waals surface area contributed by atoms with Crippen molar-refractivity contribution >= 4 is 5.97 Å². The summed E-state index contributed by atoms with van der Waals surface area (Å²) in [6.07, 6.45) is 2.16. The molecule has 1 unspecified atom stereocenters. The molecule has 0 amide bonds. The minimum absolute atomic E-state index is 0.167. The first-order chi connectivity index (χ1) is 7.95. The molecule has 0 aromatic heterocycles. The standard InChI is InChI=1S/C15H21O2/c1-4-13(15(2,3)11-14(16)17)10-12-8-6-5-7-9-12/h6-9,13H,4,10-11H2,1-3H3,(H,16,17). The second-order valence-electron chi connectivity index (χ2n) is 5.28. The van der Waals surface area contributed by atoms with E-state index < -0.39 is 5.97 Å². The molecule has 1 rings (SSSR count). The Morgan fingerprint density at radius 3 is 2.47 bits per heavy atom. The number of rotatable bonds is 6. The number of carboxylic acid groups (broad SMARTS) is 1. The molecule has 17 heavy (non-hydrogen) atoms. The van der Waals surface area contributed by atoms with Crippen molar-refractivity contribution in [1.29, 1.82) is 0 Å². The Hall–Kier alpha value is -1.31. The van der Waals surface area contributed by atoms with Gasteiger partial charge in [0.2, 0.25) is 0 Å². The lowest BCUT2D eigenvalue weighted by Gasteiger charge is -2.32. The number of benzene rings is 1. The third kappa shape index (κ3) is 4.22. The van der Waals surface area contributed by atoms with E-state index in [0.717, 1.165) is 12.8 Å². The fraction of sp³-hybridized carbons (Fsp3) is 0.533. The molecule has 0 heterocycles. The summed E-state index contributed by atoms with van der Waals surface area (Å²) in [6.45, 7) is 6.22. The van der Waals surface area contributed by atoms with Gasteiger partial charge in [0.1, 0.15) is 0 Å². The van der Waals surface area contributed by atoms with Gasteiger partial charge in [0.15, 0.2) is 0 Å². The summed E-state index contributed by atoms with van der Waals surface area (Å²) >= 11 is 0. The molecule has 0 saturated heterocycles. The van der Waals surface area contributed by atoms with Gasteiger partial charge < -0.3 is 5.11 Å². The van der Waals surface area contributed by atoms with E-state index in [1.54, 1.807) is 0 Å². The van der Waals surface area contributed by atoms with Crippen LogP contribution in [0.3, 0.4) is 0 Å². The molecule has 1 radical (unpaired) electrons. The fourth-order valence-electron chi connectivity index (χ4n) is 2.35. The Morgan fingerprint density at radius 2 is 2.00 bits per heavy atom. The largest absolute Gasteiger partial charge is 0.481 e. The quantitative estimate of drug-likeness (QED) is 0.815. The molecule has 0 fully saturated rings. The van der Waals surface area contributed by atoms with Crippen molar-refractivity contribution in [3.05, 3.63) is 35.9 Å². The van der Waals surface area contributed by atoms with Gasteiger partial charge in [-0.15, -0.1) is 0 Å². The van der Waals surface area contributed by atoms with Crippen molar-refractivity contribution in [2.45, 2.75) is 40.0 Å². The minimum Gasteiger partial charge on any atom is -0.481 e. The molecule has 1 aromatic carbocycles. The van der Waals surface area contributed by atoms with Gasteiger partial charge in [-0.2, -0.15) is 0 Å². The van der Waals surface area contributed by atoms with E-state index in [-0.39, 0.29) is 11.8 Å². The Balaban J connectivity index is 2.74. The summed E-state index contributed by atoms with van der Waals surface area (Å²) in [5.41, 5.74) is 1.09. The molecule has 0 saturated carbocycles. The summed E-state index contributed by atoms with van der Waals surface area (Å²) in [4.78, 5) is 10.9. The van der Waals surface area contributed by atoms with Gasteiger partial charge in [-0.3, -0.25) is 4.79 Å². The Labute approximate surface area is 104 Å². The van der Waals surface area contributed by atoms with Crippen LogP contribution in [0.1, 0.15) is 39.2 Å². The maximum absolute atomic E-state index is 10.9. The summed E-state index contributed by atoms with van der Waals surface area (Å²) in [5.74, 6) is -0.323. The summed E-state index contributed by atoms with van der Waals surface area (Å²) < 4.78 is 0. The first-order valence-electron chi connectivity index (χ1n) is 6.12. The molecule has 0 aliphatic heterocycles. The number of aliphatic carboxylic acids is 1. The van der Waals surface area contributed by atoms with Crippen LogP contribution in [0.4, 0.5) is 0 Å².